The second-order valence-electron chi connectivity index (χ2n) is 4.21. The van der Waals surface area contributed by atoms with Gasteiger partial charge in [-0.1, -0.05) is 0 Å². The number of aryl methyl sites for hydroxylation is 1. The number of carboxylic acids is 1. The van der Waals surface area contributed by atoms with E-state index in [4.69, 9.17) is 5.11 Å². The minimum atomic E-state index is -1.03. The Balaban J connectivity index is 3.12. The normalized spacial score (nSPS) is 12.4. The number of hydrogen-bond donors (Lipinski definition) is 1. The Kier molecular flexibility index (Phi) is 4.84. The summed E-state index contributed by atoms with van der Waals surface area (Å²) in [6, 6.07) is 1.33. The number of aromatic nitrogens is 1. The van der Waals surface area contributed by atoms with E-state index in [1.807, 2.05) is 0 Å². The van der Waals surface area contributed by atoms with Crippen molar-refractivity contribution in [2.75, 3.05) is 12.0 Å². The van der Waals surface area contributed by atoms with Crippen LogP contribution in [-0.2, 0) is 17.3 Å². The quantitative estimate of drug-likeness (QED) is 0.864. The third-order valence-corrected chi connectivity index (χ3v) is 3.66. The van der Waals surface area contributed by atoms with E-state index in [1.54, 1.807) is 20.1 Å². The first kappa shape index (κ1) is 14.6. The van der Waals surface area contributed by atoms with E-state index in [1.165, 1.54) is 10.6 Å². The molecule has 100 valence electrons. The lowest BCUT2D eigenvalue weighted by Gasteiger charge is -2.13. The Hall–Kier alpha value is -1.43. The largest absolute Gasteiger partial charge is 0.478 e. The lowest BCUT2D eigenvalue weighted by molar-refractivity contribution is 0.0694. The van der Waals surface area contributed by atoms with Gasteiger partial charge in [0.05, 0.1) is 5.56 Å². The summed E-state index contributed by atoms with van der Waals surface area (Å²) in [6.07, 6.45) is 2.19. The van der Waals surface area contributed by atoms with Crippen LogP contribution in [0, 0.1) is 13.8 Å². The molecule has 0 saturated heterocycles. The molecule has 5 nitrogen and oxygen atoms in total. The highest BCUT2D eigenvalue weighted by Crippen LogP contribution is 2.11. The number of aromatic carboxylic acids is 1. The van der Waals surface area contributed by atoms with Crippen LogP contribution in [-0.4, -0.2) is 31.9 Å². The molecule has 0 aliphatic heterocycles. The Morgan fingerprint density at radius 1 is 1.44 bits per heavy atom. The van der Waals surface area contributed by atoms with Crippen LogP contribution in [0.1, 0.15) is 28.0 Å². The molecule has 0 spiro atoms. The summed E-state index contributed by atoms with van der Waals surface area (Å²) in [5.41, 5.74) is 0.888. The fourth-order valence-corrected chi connectivity index (χ4v) is 2.48. The van der Waals surface area contributed by atoms with E-state index >= 15 is 0 Å². The Morgan fingerprint density at radius 2 is 2.06 bits per heavy atom. The Labute approximate surface area is 108 Å². The van der Waals surface area contributed by atoms with Crippen LogP contribution >= 0.6 is 0 Å². The molecule has 1 aromatic heterocycles. The molecule has 0 amide bonds. The maximum atomic E-state index is 11.8. The van der Waals surface area contributed by atoms with E-state index in [2.05, 4.69) is 0 Å². The van der Waals surface area contributed by atoms with E-state index in [0.29, 0.717) is 30.0 Å². The van der Waals surface area contributed by atoms with Gasteiger partial charge in [0.25, 0.3) is 5.56 Å². The van der Waals surface area contributed by atoms with Crippen molar-refractivity contribution in [2.24, 2.45) is 0 Å². The monoisotopic (exact) mass is 271 g/mol. The minimum absolute atomic E-state index is 0.173. The molecular weight excluding hydrogens is 254 g/mol. The third-order valence-electron chi connectivity index (χ3n) is 2.79. The Bertz CT molecular complexity index is 548. The van der Waals surface area contributed by atoms with Gasteiger partial charge in [-0.3, -0.25) is 9.00 Å². The smallest absolute Gasteiger partial charge is 0.337 e. The summed E-state index contributed by atoms with van der Waals surface area (Å²) in [5.74, 6) is -0.528. The molecule has 0 aromatic carbocycles. The highest BCUT2D eigenvalue weighted by atomic mass is 32.2. The summed E-state index contributed by atoms with van der Waals surface area (Å²) >= 11 is 0. The van der Waals surface area contributed by atoms with E-state index in [0.717, 1.165) is 0 Å². The van der Waals surface area contributed by atoms with Crippen molar-refractivity contribution in [2.45, 2.75) is 26.8 Å². The number of pyridine rings is 1. The standard InChI is InChI=1S/C12H17NO4S/c1-8-7-10(14)13(5-4-6-18(3)17)9(2)11(8)12(15)16/h7H,4-6H2,1-3H3,(H,15,16). The molecular formula is C12H17NO4S. The van der Waals surface area contributed by atoms with Gasteiger partial charge in [0.1, 0.15) is 0 Å². The second kappa shape index (κ2) is 5.95. The van der Waals surface area contributed by atoms with Gasteiger partial charge in [-0.05, 0) is 25.8 Å². The number of hydrogen-bond acceptors (Lipinski definition) is 3. The average Bonchev–Trinajstić information content (AvgIpc) is 2.21. The van der Waals surface area contributed by atoms with Crippen molar-refractivity contribution >= 4 is 16.8 Å². The summed E-state index contributed by atoms with van der Waals surface area (Å²) in [4.78, 5) is 22.9. The first-order valence-corrected chi connectivity index (χ1v) is 7.31. The molecule has 6 heteroatoms. The van der Waals surface area contributed by atoms with Crippen molar-refractivity contribution < 1.29 is 14.1 Å². The van der Waals surface area contributed by atoms with Crippen LogP contribution < -0.4 is 5.56 Å². The number of carboxylic acid groups (broad SMARTS) is 1. The van der Waals surface area contributed by atoms with Gasteiger partial charge >= 0.3 is 5.97 Å². The molecule has 0 aliphatic rings. The average molecular weight is 271 g/mol. The van der Waals surface area contributed by atoms with E-state index in [9.17, 15) is 13.8 Å². The predicted octanol–water partition coefficient (Wildman–Crippen LogP) is 0.932. The van der Waals surface area contributed by atoms with Crippen molar-refractivity contribution in [1.29, 1.82) is 0 Å². The third kappa shape index (κ3) is 3.29. The highest BCUT2D eigenvalue weighted by Gasteiger charge is 2.15. The molecule has 1 rings (SSSR count). The Morgan fingerprint density at radius 3 is 2.56 bits per heavy atom. The van der Waals surface area contributed by atoms with Gasteiger partial charge in [-0.25, -0.2) is 4.79 Å². The van der Waals surface area contributed by atoms with Gasteiger partial charge < -0.3 is 9.67 Å². The molecule has 0 radical (unpaired) electrons. The lowest BCUT2D eigenvalue weighted by Crippen LogP contribution is -2.26. The minimum Gasteiger partial charge on any atom is -0.478 e. The topological polar surface area (TPSA) is 76.4 Å². The molecule has 1 unspecified atom stereocenters. The summed E-state index contributed by atoms with van der Waals surface area (Å²) in [5, 5.41) is 9.11. The molecule has 18 heavy (non-hydrogen) atoms. The SMILES string of the molecule is Cc1cc(=O)n(CCCS(C)=O)c(C)c1C(=O)O. The molecule has 1 heterocycles. The van der Waals surface area contributed by atoms with Gasteiger partial charge in [0.2, 0.25) is 0 Å². The zero-order chi connectivity index (χ0) is 13.9. The maximum Gasteiger partial charge on any atom is 0.337 e. The fraction of sp³-hybridized carbons (Fsp3) is 0.500. The number of rotatable bonds is 5. The predicted molar refractivity (Wildman–Crippen MR) is 70.7 cm³/mol. The van der Waals surface area contributed by atoms with Crippen LogP contribution in [0.25, 0.3) is 0 Å². The van der Waals surface area contributed by atoms with Gasteiger partial charge in [0, 0.05) is 41.1 Å². The highest BCUT2D eigenvalue weighted by molar-refractivity contribution is 7.84. The van der Waals surface area contributed by atoms with Crippen LogP contribution in [0.2, 0.25) is 0 Å². The van der Waals surface area contributed by atoms with Crippen LogP contribution in [0.4, 0.5) is 0 Å². The zero-order valence-corrected chi connectivity index (χ0v) is 11.5. The molecule has 1 N–H and O–H groups in total. The van der Waals surface area contributed by atoms with Crippen LogP contribution in [0.5, 0.6) is 0 Å². The molecule has 0 fully saturated rings. The van der Waals surface area contributed by atoms with Crippen molar-refractivity contribution in [1.82, 2.24) is 4.57 Å². The van der Waals surface area contributed by atoms with Crippen molar-refractivity contribution in [3.63, 3.8) is 0 Å². The van der Waals surface area contributed by atoms with Crippen molar-refractivity contribution in [3.8, 4) is 0 Å². The van der Waals surface area contributed by atoms with Gasteiger partial charge in [-0.2, -0.15) is 0 Å². The molecule has 1 atom stereocenters. The number of carbonyl (C=O) groups is 1. The second-order valence-corrected chi connectivity index (χ2v) is 5.77. The molecule has 0 aliphatic carbocycles. The molecule has 0 saturated carbocycles. The lowest BCUT2D eigenvalue weighted by atomic mass is 10.1. The van der Waals surface area contributed by atoms with E-state index < -0.39 is 16.8 Å². The first-order valence-electron chi connectivity index (χ1n) is 5.59. The first-order chi connectivity index (χ1) is 8.34. The maximum absolute atomic E-state index is 11.8. The zero-order valence-electron chi connectivity index (χ0n) is 10.7. The van der Waals surface area contributed by atoms with Crippen LogP contribution in [0.3, 0.4) is 0 Å². The van der Waals surface area contributed by atoms with Gasteiger partial charge in [-0.15, -0.1) is 0 Å². The number of nitrogens with zero attached hydrogens (tertiary/aromatic N) is 1. The van der Waals surface area contributed by atoms with Crippen LogP contribution in [0.15, 0.2) is 10.9 Å². The molecule has 1 aromatic rings. The summed E-state index contributed by atoms with van der Waals surface area (Å²) < 4.78 is 12.4. The fourth-order valence-electron chi connectivity index (χ4n) is 1.95. The summed E-state index contributed by atoms with van der Waals surface area (Å²) in [7, 11) is -0.903. The van der Waals surface area contributed by atoms with Crippen molar-refractivity contribution in [3.05, 3.63) is 33.2 Å². The molecule has 0 bridgehead atoms. The van der Waals surface area contributed by atoms with Gasteiger partial charge in [0.15, 0.2) is 0 Å². The van der Waals surface area contributed by atoms with E-state index in [-0.39, 0.29) is 11.1 Å². The summed E-state index contributed by atoms with van der Waals surface area (Å²) in [6.45, 7) is 3.63.